The van der Waals surface area contributed by atoms with Gasteiger partial charge in [0.2, 0.25) is 0 Å². The molecule has 3 aromatic rings. The van der Waals surface area contributed by atoms with Gasteiger partial charge in [-0.05, 0) is 116 Å². The number of ketones is 3. The number of carboxylic acid groups (broad SMARTS) is 1. The van der Waals surface area contributed by atoms with Crippen molar-refractivity contribution in [2.45, 2.75) is 206 Å². The zero-order chi connectivity index (χ0) is 57.6. The van der Waals surface area contributed by atoms with Crippen LogP contribution in [0.2, 0.25) is 0 Å². The average Bonchev–Trinajstić information content (AvgIpc) is 4.15. The number of carbonyl (C=O) groups is 6. The molecular weight excluding hydrogens is 1040 g/mol. The van der Waals surface area contributed by atoms with Crippen molar-refractivity contribution < 1.29 is 59.0 Å². The molecule has 4 saturated carbocycles. The highest BCUT2D eigenvalue weighted by molar-refractivity contribution is 5.99. The first-order valence-corrected chi connectivity index (χ1v) is 27.4. The molecule has 24 heteroatoms. The molecule has 0 saturated heterocycles. The summed E-state index contributed by atoms with van der Waals surface area (Å²) in [5.41, 5.74) is 22.9. The molecule has 7 rings (SSSR count). The summed E-state index contributed by atoms with van der Waals surface area (Å²) in [6, 6.07) is 6.00. The highest BCUT2D eigenvalue weighted by Crippen LogP contribution is 2.24. The second-order valence-corrected chi connectivity index (χ2v) is 20.6. The van der Waals surface area contributed by atoms with Crippen molar-refractivity contribution in [3.05, 3.63) is 84.1 Å². The van der Waals surface area contributed by atoms with E-state index in [0.29, 0.717) is 0 Å². The number of carbonyl (C=O) groups excluding carboxylic acids is 5. The number of nitrogens with one attached hydrogen (secondary N) is 2. The first-order valence-electron chi connectivity index (χ1n) is 27.4. The fraction of sp³-hybridized carbons (Fsp3) is 0.625. The lowest BCUT2D eigenvalue weighted by Crippen LogP contribution is -2.48. The third-order valence-corrected chi connectivity index (χ3v) is 14.5. The van der Waals surface area contributed by atoms with E-state index >= 15 is 0 Å². The van der Waals surface area contributed by atoms with Crippen LogP contribution in [0, 0.1) is 0 Å². The van der Waals surface area contributed by atoms with Crippen molar-refractivity contribution in [1.29, 1.82) is 0 Å². The maximum absolute atomic E-state index is 12.8. The molecule has 4 fully saturated rings. The van der Waals surface area contributed by atoms with E-state index in [9.17, 15) is 48.3 Å². The minimum atomic E-state index is -0.997. The number of nitrogens with zero attached hydrogens (tertiary/aromatic N) is 3. The fourth-order valence-corrected chi connectivity index (χ4v) is 9.93. The second-order valence-electron chi connectivity index (χ2n) is 20.6. The Balaban J connectivity index is 0.000000318. The Morgan fingerprint density at radius 2 is 0.825 bits per heavy atom. The SMILES string of the molecule is C.CC(=O)c1ccc(=O)n(COCC(N)C(=O)OC2CCCC2)c1N.CC(=O)c1ccc(=O)n(COCC(NC2CCCCC2)C(=O)O)c1N.CC(=O)c1ccc(=O)n(COCC(NC2CCCCC2)C(=O)OC2CCCC2)c1N.[2HH]. The van der Waals surface area contributed by atoms with Crippen LogP contribution in [0.1, 0.15) is 176 Å². The second kappa shape index (κ2) is 33.2. The number of Topliss-reactive ketones (excluding diaryl/α,β-unsaturated/α-hetero) is 3. The van der Waals surface area contributed by atoms with Gasteiger partial charge in [-0.3, -0.25) is 67.5 Å². The lowest BCUT2D eigenvalue weighted by molar-refractivity contribution is -0.154. The van der Waals surface area contributed by atoms with Gasteiger partial charge in [-0.1, -0.05) is 46.0 Å². The third-order valence-electron chi connectivity index (χ3n) is 14.5. The molecule has 0 amide bonds. The largest absolute Gasteiger partial charge is 0.480 e. The molecule has 0 aromatic carbocycles. The molecule has 3 aromatic heterocycles. The molecule has 0 bridgehead atoms. The van der Waals surface area contributed by atoms with E-state index in [-0.39, 0.29) is 136 Å². The smallest absolute Gasteiger partial charge is 0.325 e. The van der Waals surface area contributed by atoms with E-state index in [4.69, 9.17) is 46.6 Å². The van der Waals surface area contributed by atoms with Crippen LogP contribution in [0.25, 0.3) is 0 Å². The first-order chi connectivity index (χ1) is 37.7. The predicted molar refractivity (Wildman–Crippen MR) is 302 cm³/mol. The van der Waals surface area contributed by atoms with E-state index in [1.807, 2.05) is 0 Å². The number of nitrogen functional groups attached to an aromatic ring is 3. The number of rotatable bonds is 24. The van der Waals surface area contributed by atoms with Crippen LogP contribution in [-0.2, 0) is 58.3 Å². The molecule has 0 aliphatic heterocycles. The Morgan fingerprint density at radius 1 is 0.512 bits per heavy atom. The number of carboxylic acids is 1. The van der Waals surface area contributed by atoms with Crippen LogP contribution >= 0.6 is 0 Å². The molecule has 446 valence electrons. The van der Waals surface area contributed by atoms with Gasteiger partial charge in [-0.15, -0.1) is 0 Å². The van der Waals surface area contributed by atoms with Crippen molar-refractivity contribution in [3.63, 3.8) is 0 Å². The van der Waals surface area contributed by atoms with Gasteiger partial charge < -0.3 is 51.7 Å². The molecule has 3 unspecified atom stereocenters. The number of aromatic nitrogens is 3. The van der Waals surface area contributed by atoms with Gasteiger partial charge in [-0.2, -0.15) is 0 Å². The molecule has 4 aliphatic rings. The lowest BCUT2D eigenvalue weighted by Gasteiger charge is -2.28. The van der Waals surface area contributed by atoms with Crippen LogP contribution in [-0.4, -0.2) is 116 Å². The Kier molecular flexibility index (Phi) is 27.4. The van der Waals surface area contributed by atoms with Crippen molar-refractivity contribution in [2.24, 2.45) is 5.73 Å². The molecule has 24 nitrogen and oxygen atoms in total. The maximum Gasteiger partial charge on any atom is 0.325 e. The monoisotopic (exact) mass is 1130 g/mol. The van der Waals surface area contributed by atoms with E-state index in [2.05, 4.69) is 10.6 Å². The lowest BCUT2D eigenvalue weighted by atomic mass is 9.95. The molecule has 80 heavy (non-hydrogen) atoms. The third kappa shape index (κ3) is 20.2. The summed E-state index contributed by atoms with van der Waals surface area (Å²) in [6.07, 6.45) is 18.6. The van der Waals surface area contributed by atoms with Crippen molar-refractivity contribution in [2.75, 3.05) is 37.0 Å². The molecule has 0 spiro atoms. The van der Waals surface area contributed by atoms with E-state index in [1.54, 1.807) is 0 Å². The van der Waals surface area contributed by atoms with Gasteiger partial charge >= 0.3 is 17.9 Å². The summed E-state index contributed by atoms with van der Waals surface area (Å²) in [7, 11) is 0. The number of pyridine rings is 3. The van der Waals surface area contributed by atoms with Crippen LogP contribution in [0.5, 0.6) is 0 Å². The van der Waals surface area contributed by atoms with Gasteiger partial charge in [-0.25, -0.2) is 0 Å². The molecule has 3 heterocycles. The highest BCUT2D eigenvalue weighted by Gasteiger charge is 2.30. The van der Waals surface area contributed by atoms with Gasteiger partial charge in [0.05, 0.1) is 36.5 Å². The van der Waals surface area contributed by atoms with Crippen LogP contribution in [0.4, 0.5) is 17.5 Å². The zero-order valence-electron chi connectivity index (χ0n) is 45.8. The minimum absolute atomic E-state index is 0. The summed E-state index contributed by atoms with van der Waals surface area (Å²) >= 11 is 0. The van der Waals surface area contributed by atoms with Gasteiger partial charge in [0.15, 0.2) is 17.3 Å². The van der Waals surface area contributed by atoms with E-state index in [1.165, 1.54) is 74.6 Å². The maximum atomic E-state index is 12.8. The van der Waals surface area contributed by atoms with Gasteiger partial charge in [0, 0.05) is 31.7 Å². The van der Waals surface area contributed by atoms with E-state index in [0.717, 1.165) is 112 Å². The van der Waals surface area contributed by atoms with Crippen molar-refractivity contribution in [1.82, 2.24) is 24.3 Å². The number of hydrogen-bond acceptors (Lipinski definition) is 20. The summed E-state index contributed by atoms with van der Waals surface area (Å²) in [4.78, 5) is 107. The highest BCUT2D eigenvalue weighted by atomic mass is 16.6. The Bertz CT molecular complexity index is 2730. The number of esters is 2. The van der Waals surface area contributed by atoms with Crippen molar-refractivity contribution in [3.8, 4) is 0 Å². The Hall–Kier alpha value is -6.57. The quantitative estimate of drug-likeness (QED) is 0.0473. The normalized spacial score (nSPS) is 17.1. The Morgan fingerprint density at radius 3 is 1.18 bits per heavy atom. The summed E-state index contributed by atoms with van der Waals surface area (Å²) in [6.45, 7) is 3.43. The van der Waals surface area contributed by atoms with E-state index < -0.39 is 41.2 Å². The van der Waals surface area contributed by atoms with Gasteiger partial charge in [0.1, 0.15) is 68.0 Å². The topological polar surface area (TPSA) is 363 Å². The Labute approximate surface area is 468 Å². The van der Waals surface area contributed by atoms with Crippen LogP contribution in [0.15, 0.2) is 50.8 Å². The molecule has 0 radical (unpaired) electrons. The molecule has 11 N–H and O–H groups in total. The number of hydrogen-bond donors (Lipinski definition) is 7. The molecular formula is C56H87N9O15. The summed E-state index contributed by atoms with van der Waals surface area (Å²) < 4.78 is 30.9. The van der Waals surface area contributed by atoms with Gasteiger partial charge in [0.25, 0.3) is 16.7 Å². The number of nitrogens with two attached hydrogens (primary N) is 4. The zero-order valence-corrected chi connectivity index (χ0v) is 45.8. The predicted octanol–water partition coefficient (Wildman–Crippen LogP) is 4.67. The number of aliphatic carboxylic acids is 1. The van der Waals surface area contributed by atoms with Crippen LogP contribution in [0.3, 0.4) is 0 Å². The summed E-state index contributed by atoms with van der Waals surface area (Å²) in [5.74, 6) is -2.43. The fourth-order valence-electron chi connectivity index (χ4n) is 9.93. The number of ether oxygens (including phenoxy) is 5. The average molecular weight is 1130 g/mol. The molecule has 3 atom stereocenters. The minimum Gasteiger partial charge on any atom is -0.480 e. The first kappa shape index (κ1) is 65.9. The summed E-state index contributed by atoms with van der Waals surface area (Å²) in [5, 5.41) is 15.9. The van der Waals surface area contributed by atoms with Crippen molar-refractivity contribution >= 4 is 52.7 Å². The molecule has 4 aliphatic carbocycles. The standard InChI is InChI=1S/C22H33N3O5.C17H25N3O5.C16H23N3O5.CH4.H2/c1-15(26)18-11-12-20(27)25(21(18)23)14-29-13-19(24-16-7-3-2-4-8-16)22(28)30-17-9-5-6-10-17;1-11(21)13-7-8-15(22)20(16(13)18)10-25-9-14(17(23)24)19-12-5-3-2-4-6-12;1-10(20)12-6-7-14(21)19(15(12)18)9-23-8-13(17)16(22)24-11-4-2-3-5-11;;/h11-12,16-17,19,24H,2-10,13-14,23H2,1H3;7-8,12,14,19H,2-6,9-10,18H2,1H3,(H,23,24);6-7,11,13H,2-5,8-9,17-18H2,1H3;1H4;1H/i;;;;1+1. The number of anilines is 3. The van der Waals surface area contributed by atoms with Crippen LogP contribution < -0.4 is 50.2 Å².